The second-order valence-corrected chi connectivity index (χ2v) is 4.77. The van der Waals surface area contributed by atoms with Crippen LogP contribution in [0.4, 0.5) is 0 Å². The standard InChI is InChI=1S/C13H17NO3S/c1-18-9-8-14-13(17)7-6-12(16)10-4-2-3-5-11(10)15/h2-5,15H,6-9H2,1H3,(H,14,17). The van der Waals surface area contributed by atoms with Crippen molar-refractivity contribution < 1.29 is 14.7 Å². The number of hydrogen-bond acceptors (Lipinski definition) is 4. The van der Waals surface area contributed by atoms with Gasteiger partial charge in [0.2, 0.25) is 5.91 Å². The van der Waals surface area contributed by atoms with E-state index in [0.29, 0.717) is 6.54 Å². The van der Waals surface area contributed by atoms with Gasteiger partial charge in [0.05, 0.1) is 5.56 Å². The van der Waals surface area contributed by atoms with Crippen molar-refractivity contribution in [1.29, 1.82) is 0 Å². The topological polar surface area (TPSA) is 66.4 Å². The number of phenolic OH excluding ortho intramolecular Hbond substituents is 1. The lowest BCUT2D eigenvalue weighted by atomic mass is 10.1. The van der Waals surface area contributed by atoms with Crippen LogP contribution in [-0.4, -0.2) is 35.4 Å². The number of thioether (sulfide) groups is 1. The molecule has 0 aliphatic heterocycles. The number of ketones is 1. The molecule has 1 amide bonds. The van der Waals surface area contributed by atoms with Crippen LogP contribution in [0.5, 0.6) is 5.75 Å². The Balaban J connectivity index is 2.38. The Morgan fingerprint density at radius 1 is 1.28 bits per heavy atom. The monoisotopic (exact) mass is 267 g/mol. The first-order chi connectivity index (χ1) is 8.65. The summed E-state index contributed by atoms with van der Waals surface area (Å²) < 4.78 is 0. The molecule has 5 heteroatoms. The molecule has 0 bridgehead atoms. The number of nitrogens with one attached hydrogen (secondary N) is 1. The van der Waals surface area contributed by atoms with Crippen molar-refractivity contribution in [3.63, 3.8) is 0 Å². The van der Waals surface area contributed by atoms with Crippen LogP contribution in [0, 0.1) is 0 Å². The zero-order valence-corrected chi connectivity index (χ0v) is 11.1. The molecule has 0 radical (unpaired) electrons. The van der Waals surface area contributed by atoms with Crippen LogP contribution in [0.2, 0.25) is 0 Å². The average Bonchev–Trinajstić information content (AvgIpc) is 2.37. The highest BCUT2D eigenvalue weighted by Gasteiger charge is 2.12. The molecule has 4 nitrogen and oxygen atoms in total. The van der Waals surface area contributed by atoms with Gasteiger partial charge in [0.1, 0.15) is 5.75 Å². The molecule has 0 unspecified atom stereocenters. The van der Waals surface area contributed by atoms with Gasteiger partial charge in [-0.2, -0.15) is 11.8 Å². The first kappa shape index (κ1) is 14.6. The third-order valence-corrected chi connectivity index (χ3v) is 3.02. The lowest BCUT2D eigenvalue weighted by Crippen LogP contribution is -2.26. The number of amides is 1. The molecule has 2 N–H and O–H groups in total. The normalized spacial score (nSPS) is 10.1. The quantitative estimate of drug-likeness (QED) is 0.584. The predicted molar refractivity (Wildman–Crippen MR) is 73.1 cm³/mol. The van der Waals surface area contributed by atoms with Crippen LogP contribution in [0.3, 0.4) is 0 Å². The molecule has 1 aromatic carbocycles. The molecule has 0 saturated carbocycles. The van der Waals surface area contributed by atoms with Crippen LogP contribution in [-0.2, 0) is 4.79 Å². The molecule has 0 spiro atoms. The maximum absolute atomic E-state index is 11.8. The van der Waals surface area contributed by atoms with Crippen molar-refractivity contribution in [2.45, 2.75) is 12.8 Å². The maximum Gasteiger partial charge on any atom is 0.220 e. The second-order valence-electron chi connectivity index (χ2n) is 3.78. The minimum Gasteiger partial charge on any atom is -0.507 e. The molecule has 18 heavy (non-hydrogen) atoms. The highest BCUT2D eigenvalue weighted by molar-refractivity contribution is 7.98. The van der Waals surface area contributed by atoms with Crippen LogP contribution in [0.15, 0.2) is 24.3 Å². The summed E-state index contributed by atoms with van der Waals surface area (Å²) in [5, 5.41) is 12.2. The van der Waals surface area contributed by atoms with Gasteiger partial charge in [0, 0.05) is 25.1 Å². The molecule has 0 saturated heterocycles. The van der Waals surface area contributed by atoms with E-state index in [4.69, 9.17) is 0 Å². The second kappa shape index (κ2) is 7.76. The molecule has 0 heterocycles. The molecular formula is C13H17NO3S. The third kappa shape index (κ3) is 4.79. The largest absolute Gasteiger partial charge is 0.507 e. The summed E-state index contributed by atoms with van der Waals surface area (Å²) in [7, 11) is 0. The first-order valence-electron chi connectivity index (χ1n) is 5.72. The lowest BCUT2D eigenvalue weighted by molar-refractivity contribution is -0.120. The van der Waals surface area contributed by atoms with Crippen LogP contribution in [0.25, 0.3) is 0 Å². The Morgan fingerprint density at radius 3 is 2.67 bits per heavy atom. The number of benzene rings is 1. The number of Topliss-reactive ketones (excluding diaryl/α,β-unsaturated/α-hetero) is 1. The fourth-order valence-electron chi connectivity index (χ4n) is 1.45. The smallest absolute Gasteiger partial charge is 0.220 e. The SMILES string of the molecule is CSCCNC(=O)CCC(=O)c1ccccc1O. The number of phenols is 1. The van der Waals surface area contributed by atoms with Crippen molar-refractivity contribution in [2.24, 2.45) is 0 Å². The molecule has 0 fully saturated rings. The Bertz CT molecular complexity index is 420. The third-order valence-electron chi connectivity index (χ3n) is 2.41. The van der Waals surface area contributed by atoms with Crippen molar-refractivity contribution in [2.75, 3.05) is 18.6 Å². The molecule has 98 valence electrons. The number of carbonyl (C=O) groups is 2. The van der Waals surface area contributed by atoms with Gasteiger partial charge in [-0.15, -0.1) is 0 Å². The Labute approximate surface area is 111 Å². The van der Waals surface area contributed by atoms with Gasteiger partial charge < -0.3 is 10.4 Å². The van der Waals surface area contributed by atoms with E-state index in [-0.39, 0.29) is 35.8 Å². The Morgan fingerprint density at radius 2 is 2.00 bits per heavy atom. The van der Waals surface area contributed by atoms with E-state index in [0.717, 1.165) is 5.75 Å². The van der Waals surface area contributed by atoms with Crippen molar-refractivity contribution >= 4 is 23.5 Å². The first-order valence-corrected chi connectivity index (χ1v) is 7.11. The molecule has 0 aliphatic rings. The van der Waals surface area contributed by atoms with E-state index in [1.165, 1.54) is 6.07 Å². The zero-order valence-electron chi connectivity index (χ0n) is 10.3. The Hall–Kier alpha value is -1.49. The van der Waals surface area contributed by atoms with Gasteiger partial charge in [-0.25, -0.2) is 0 Å². The summed E-state index contributed by atoms with van der Waals surface area (Å²) in [5.41, 5.74) is 0.273. The van der Waals surface area contributed by atoms with Crippen molar-refractivity contribution in [3.8, 4) is 5.75 Å². The van der Waals surface area contributed by atoms with Crippen LogP contribution < -0.4 is 5.32 Å². The van der Waals surface area contributed by atoms with Gasteiger partial charge in [-0.05, 0) is 18.4 Å². The Kier molecular flexibility index (Phi) is 6.28. The van der Waals surface area contributed by atoms with Gasteiger partial charge in [-0.3, -0.25) is 9.59 Å². The summed E-state index contributed by atoms with van der Waals surface area (Å²) in [5.74, 6) is 0.477. The number of rotatable bonds is 7. The molecule has 1 aromatic rings. The highest BCUT2D eigenvalue weighted by atomic mass is 32.2. The van der Waals surface area contributed by atoms with E-state index in [1.807, 2.05) is 6.26 Å². The fraction of sp³-hybridized carbons (Fsp3) is 0.385. The summed E-state index contributed by atoms with van der Waals surface area (Å²) in [4.78, 5) is 23.2. The average molecular weight is 267 g/mol. The van der Waals surface area contributed by atoms with E-state index < -0.39 is 0 Å². The van der Waals surface area contributed by atoms with Crippen LogP contribution >= 0.6 is 11.8 Å². The van der Waals surface area contributed by atoms with Crippen LogP contribution in [0.1, 0.15) is 23.2 Å². The fourth-order valence-corrected chi connectivity index (χ4v) is 1.76. The van der Waals surface area contributed by atoms with E-state index in [1.54, 1.807) is 30.0 Å². The number of hydrogen-bond donors (Lipinski definition) is 2. The van der Waals surface area contributed by atoms with Crippen molar-refractivity contribution in [3.05, 3.63) is 29.8 Å². The predicted octanol–water partition coefficient (Wildman–Crippen LogP) is 1.83. The minimum absolute atomic E-state index is 0.0368. The number of aromatic hydroxyl groups is 1. The summed E-state index contributed by atoms with van der Waals surface area (Å²) in [6, 6.07) is 6.36. The maximum atomic E-state index is 11.8. The van der Waals surface area contributed by atoms with Gasteiger partial charge in [-0.1, -0.05) is 12.1 Å². The molecular weight excluding hydrogens is 250 g/mol. The lowest BCUT2D eigenvalue weighted by Gasteiger charge is -2.05. The molecule has 0 aromatic heterocycles. The van der Waals surface area contributed by atoms with Gasteiger partial charge >= 0.3 is 0 Å². The number of para-hydroxylation sites is 1. The van der Waals surface area contributed by atoms with Crippen molar-refractivity contribution in [1.82, 2.24) is 5.32 Å². The number of carbonyl (C=O) groups excluding carboxylic acids is 2. The highest BCUT2D eigenvalue weighted by Crippen LogP contribution is 2.17. The van der Waals surface area contributed by atoms with Gasteiger partial charge in [0.15, 0.2) is 5.78 Å². The van der Waals surface area contributed by atoms with E-state index >= 15 is 0 Å². The molecule has 0 aliphatic carbocycles. The molecule has 0 atom stereocenters. The summed E-state index contributed by atoms with van der Waals surface area (Å²) >= 11 is 1.65. The summed E-state index contributed by atoms with van der Waals surface area (Å²) in [6.07, 6.45) is 2.23. The van der Waals surface area contributed by atoms with E-state index in [2.05, 4.69) is 5.32 Å². The zero-order chi connectivity index (χ0) is 13.4. The van der Waals surface area contributed by atoms with E-state index in [9.17, 15) is 14.7 Å². The van der Waals surface area contributed by atoms with Gasteiger partial charge in [0.25, 0.3) is 0 Å². The minimum atomic E-state index is -0.215. The summed E-state index contributed by atoms with van der Waals surface area (Å²) in [6.45, 7) is 0.616. The molecule has 1 rings (SSSR count).